The second-order valence-corrected chi connectivity index (χ2v) is 8.70. The van der Waals surface area contributed by atoms with Gasteiger partial charge in [0.15, 0.2) is 6.04 Å². The number of rotatable bonds is 6. The topological polar surface area (TPSA) is 84.3 Å². The largest absolute Gasteiger partial charge is 0.324 e. The zero-order chi connectivity index (χ0) is 20.3. The lowest BCUT2D eigenvalue weighted by molar-refractivity contribution is -0.118. The van der Waals surface area contributed by atoms with Crippen LogP contribution in [-0.2, 0) is 14.8 Å². The van der Waals surface area contributed by atoms with Crippen molar-refractivity contribution in [3.05, 3.63) is 78.1 Å². The Labute approximate surface area is 164 Å². The van der Waals surface area contributed by atoms with Crippen molar-refractivity contribution in [3.63, 3.8) is 0 Å². The van der Waals surface area contributed by atoms with Gasteiger partial charge in [0.05, 0.1) is 4.90 Å². The fraction of sp³-hybridized carbons (Fsp3) is 0.200. The monoisotopic (exact) mass is 398 g/mol. The molecular formula is C20H22N4O3S. The SMILES string of the molecule is Cc1ccc(S(=O)(=O)N(C)C)cc1NC(=O)C(c1ccccc1)n1cccn1. The number of amides is 1. The van der Waals surface area contributed by atoms with Gasteiger partial charge in [0.25, 0.3) is 5.91 Å². The van der Waals surface area contributed by atoms with Crippen molar-refractivity contribution in [2.75, 3.05) is 19.4 Å². The van der Waals surface area contributed by atoms with E-state index >= 15 is 0 Å². The van der Waals surface area contributed by atoms with Crippen LogP contribution < -0.4 is 5.32 Å². The van der Waals surface area contributed by atoms with E-state index in [0.717, 1.165) is 15.4 Å². The Kier molecular flexibility index (Phi) is 5.62. The summed E-state index contributed by atoms with van der Waals surface area (Å²) in [6, 6.07) is 15.1. The molecule has 0 saturated carbocycles. The number of hydrogen-bond acceptors (Lipinski definition) is 4. The maximum atomic E-state index is 13.1. The molecule has 0 aliphatic heterocycles. The standard InChI is InChI=1S/C20H22N4O3S/c1-15-10-11-17(28(26,27)23(2)3)14-18(15)22-20(25)19(24-13-7-12-21-24)16-8-5-4-6-9-16/h4-14,19H,1-3H3,(H,22,25). The number of nitrogens with one attached hydrogen (secondary N) is 1. The van der Waals surface area contributed by atoms with Crippen molar-refractivity contribution >= 4 is 21.6 Å². The first-order valence-corrected chi connectivity index (χ1v) is 10.1. The van der Waals surface area contributed by atoms with Gasteiger partial charge in [-0.2, -0.15) is 5.10 Å². The molecule has 0 fully saturated rings. The highest BCUT2D eigenvalue weighted by molar-refractivity contribution is 7.89. The van der Waals surface area contributed by atoms with E-state index in [1.807, 2.05) is 37.3 Å². The maximum absolute atomic E-state index is 13.1. The number of aromatic nitrogens is 2. The Bertz CT molecular complexity index is 1060. The van der Waals surface area contributed by atoms with E-state index in [1.165, 1.54) is 26.2 Å². The van der Waals surface area contributed by atoms with Crippen molar-refractivity contribution in [1.29, 1.82) is 0 Å². The molecule has 7 nitrogen and oxygen atoms in total. The number of carbonyl (C=O) groups is 1. The Morgan fingerprint density at radius 2 is 1.82 bits per heavy atom. The number of anilines is 1. The number of aryl methyl sites for hydroxylation is 1. The fourth-order valence-electron chi connectivity index (χ4n) is 2.80. The van der Waals surface area contributed by atoms with Gasteiger partial charge < -0.3 is 5.32 Å². The molecule has 0 bridgehead atoms. The smallest absolute Gasteiger partial charge is 0.253 e. The number of hydrogen-bond donors (Lipinski definition) is 1. The number of benzene rings is 2. The molecule has 1 N–H and O–H groups in total. The van der Waals surface area contributed by atoms with Crippen LogP contribution in [-0.4, -0.2) is 42.5 Å². The van der Waals surface area contributed by atoms with Gasteiger partial charge >= 0.3 is 0 Å². The third-order valence-corrected chi connectivity index (χ3v) is 6.21. The minimum absolute atomic E-state index is 0.119. The van der Waals surface area contributed by atoms with E-state index in [0.29, 0.717) is 5.69 Å². The van der Waals surface area contributed by atoms with Gasteiger partial charge in [0.2, 0.25) is 10.0 Å². The lowest BCUT2D eigenvalue weighted by Gasteiger charge is -2.19. The second kappa shape index (κ2) is 7.95. The van der Waals surface area contributed by atoms with Crippen LogP contribution in [0.3, 0.4) is 0 Å². The minimum atomic E-state index is -3.60. The zero-order valence-corrected chi connectivity index (χ0v) is 16.7. The highest BCUT2D eigenvalue weighted by Gasteiger charge is 2.24. The summed E-state index contributed by atoms with van der Waals surface area (Å²) >= 11 is 0. The summed E-state index contributed by atoms with van der Waals surface area (Å²) in [5, 5.41) is 7.08. The average molecular weight is 398 g/mol. The van der Waals surface area contributed by atoms with Crippen LogP contribution in [0.25, 0.3) is 0 Å². The molecule has 1 atom stereocenters. The van der Waals surface area contributed by atoms with E-state index in [1.54, 1.807) is 29.2 Å². The molecule has 0 aliphatic rings. The van der Waals surface area contributed by atoms with E-state index in [-0.39, 0.29) is 10.8 Å². The summed E-state index contributed by atoms with van der Waals surface area (Å²) in [7, 11) is -0.665. The average Bonchev–Trinajstić information content (AvgIpc) is 3.18. The molecule has 0 radical (unpaired) electrons. The van der Waals surface area contributed by atoms with E-state index in [2.05, 4.69) is 10.4 Å². The van der Waals surface area contributed by atoms with Crippen molar-refractivity contribution in [1.82, 2.24) is 14.1 Å². The predicted octanol–water partition coefficient (Wildman–Crippen LogP) is 2.67. The van der Waals surface area contributed by atoms with Crippen LogP contribution in [0.5, 0.6) is 0 Å². The van der Waals surface area contributed by atoms with E-state index in [9.17, 15) is 13.2 Å². The molecule has 1 unspecified atom stereocenters. The minimum Gasteiger partial charge on any atom is -0.324 e. The van der Waals surface area contributed by atoms with Gasteiger partial charge in [-0.25, -0.2) is 12.7 Å². The third kappa shape index (κ3) is 3.97. The van der Waals surface area contributed by atoms with Crippen LogP contribution >= 0.6 is 0 Å². The first-order chi connectivity index (χ1) is 13.3. The zero-order valence-electron chi connectivity index (χ0n) is 15.9. The predicted molar refractivity (Wildman–Crippen MR) is 107 cm³/mol. The Hall–Kier alpha value is -2.97. The van der Waals surface area contributed by atoms with Gasteiger partial charge in [0, 0.05) is 32.2 Å². The van der Waals surface area contributed by atoms with Crippen LogP contribution in [0.2, 0.25) is 0 Å². The summed E-state index contributed by atoms with van der Waals surface area (Å²) in [6.45, 7) is 1.81. The third-order valence-electron chi connectivity index (χ3n) is 4.40. The highest BCUT2D eigenvalue weighted by atomic mass is 32.2. The molecule has 1 aromatic heterocycles. The number of carbonyl (C=O) groups excluding carboxylic acids is 1. The fourth-order valence-corrected chi connectivity index (χ4v) is 3.73. The molecule has 8 heteroatoms. The molecule has 146 valence electrons. The van der Waals surface area contributed by atoms with Crippen LogP contribution in [0.4, 0.5) is 5.69 Å². The van der Waals surface area contributed by atoms with Crippen LogP contribution in [0, 0.1) is 6.92 Å². The first kappa shape index (κ1) is 19.8. The molecular weight excluding hydrogens is 376 g/mol. The lowest BCUT2D eigenvalue weighted by atomic mass is 10.1. The highest BCUT2D eigenvalue weighted by Crippen LogP contribution is 2.25. The Balaban J connectivity index is 1.97. The summed E-state index contributed by atoms with van der Waals surface area (Å²) in [5.41, 5.74) is 1.98. The van der Waals surface area contributed by atoms with Crippen LogP contribution in [0.15, 0.2) is 71.9 Å². The first-order valence-electron chi connectivity index (χ1n) is 8.69. The molecule has 1 heterocycles. The molecule has 3 aromatic rings. The Morgan fingerprint density at radius 3 is 2.43 bits per heavy atom. The van der Waals surface area contributed by atoms with Crippen molar-refractivity contribution in [3.8, 4) is 0 Å². The summed E-state index contributed by atoms with van der Waals surface area (Å²) in [4.78, 5) is 13.2. The Morgan fingerprint density at radius 1 is 1.11 bits per heavy atom. The van der Waals surface area contributed by atoms with Crippen molar-refractivity contribution in [2.45, 2.75) is 17.9 Å². The molecule has 3 rings (SSSR count). The van der Waals surface area contributed by atoms with E-state index < -0.39 is 16.1 Å². The van der Waals surface area contributed by atoms with Gasteiger partial charge in [-0.15, -0.1) is 0 Å². The summed E-state index contributed by atoms with van der Waals surface area (Å²) in [5.74, 6) is -0.308. The normalized spacial score (nSPS) is 12.7. The second-order valence-electron chi connectivity index (χ2n) is 6.55. The number of sulfonamides is 1. The van der Waals surface area contributed by atoms with Gasteiger partial charge in [-0.3, -0.25) is 9.48 Å². The van der Waals surface area contributed by atoms with E-state index in [4.69, 9.17) is 0 Å². The van der Waals surface area contributed by atoms with Crippen molar-refractivity contribution in [2.24, 2.45) is 0 Å². The summed E-state index contributed by atoms with van der Waals surface area (Å²) < 4.78 is 27.6. The quantitative estimate of drug-likeness (QED) is 0.692. The van der Waals surface area contributed by atoms with Gasteiger partial charge in [0.1, 0.15) is 0 Å². The molecule has 2 aromatic carbocycles. The molecule has 0 spiro atoms. The molecule has 0 aliphatic carbocycles. The molecule has 0 saturated heterocycles. The molecule has 28 heavy (non-hydrogen) atoms. The molecule has 1 amide bonds. The lowest BCUT2D eigenvalue weighted by Crippen LogP contribution is -2.28. The maximum Gasteiger partial charge on any atom is 0.253 e. The van der Waals surface area contributed by atoms with Crippen molar-refractivity contribution < 1.29 is 13.2 Å². The van der Waals surface area contributed by atoms with Gasteiger partial charge in [-0.1, -0.05) is 36.4 Å². The van der Waals surface area contributed by atoms with Crippen LogP contribution in [0.1, 0.15) is 17.2 Å². The number of nitrogens with zero attached hydrogens (tertiary/aromatic N) is 3. The van der Waals surface area contributed by atoms with Gasteiger partial charge in [-0.05, 0) is 36.2 Å². The summed E-state index contributed by atoms with van der Waals surface area (Å²) in [6.07, 6.45) is 3.33.